The lowest BCUT2D eigenvalue weighted by Gasteiger charge is -2.32. The topological polar surface area (TPSA) is 44.4 Å². The van der Waals surface area contributed by atoms with Gasteiger partial charge in [0.05, 0.1) is 0 Å². The van der Waals surface area contributed by atoms with Crippen LogP contribution in [0.25, 0.3) is 0 Å². The normalized spacial score (nSPS) is 20.1. The minimum absolute atomic E-state index is 0.0774. The molecule has 0 unspecified atom stereocenters. The SMILES string of the molecule is CC1CCN(c2ccc(NC(=O)NC3CCCC3)cc2)CC1. The number of amides is 2. The third-order valence-corrected chi connectivity index (χ3v) is 4.96. The molecule has 1 saturated heterocycles. The Balaban J connectivity index is 1.51. The first-order chi connectivity index (χ1) is 10.7. The van der Waals surface area contributed by atoms with E-state index in [-0.39, 0.29) is 6.03 Å². The summed E-state index contributed by atoms with van der Waals surface area (Å²) in [6.45, 7) is 4.60. The number of anilines is 2. The number of nitrogens with zero attached hydrogens (tertiary/aromatic N) is 1. The molecule has 0 bridgehead atoms. The smallest absolute Gasteiger partial charge is 0.319 e. The highest BCUT2D eigenvalue weighted by Gasteiger charge is 2.18. The molecule has 22 heavy (non-hydrogen) atoms. The highest BCUT2D eigenvalue weighted by Crippen LogP contribution is 2.24. The van der Waals surface area contributed by atoms with Crippen LogP contribution in [0.4, 0.5) is 16.2 Å². The van der Waals surface area contributed by atoms with Crippen molar-refractivity contribution in [2.75, 3.05) is 23.3 Å². The Hall–Kier alpha value is -1.71. The number of rotatable bonds is 3. The molecule has 0 spiro atoms. The number of hydrogen-bond donors (Lipinski definition) is 2. The molecule has 2 amide bonds. The zero-order valence-electron chi connectivity index (χ0n) is 13.5. The van der Waals surface area contributed by atoms with Gasteiger partial charge in [-0.15, -0.1) is 0 Å². The van der Waals surface area contributed by atoms with Crippen molar-refractivity contribution in [3.05, 3.63) is 24.3 Å². The van der Waals surface area contributed by atoms with Crippen LogP contribution in [0.1, 0.15) is 45.4 Å². The molecule has 4 heteroatoms. The largest absolute Gasteiger partial charge is 0.372 e. The van der Waals surface area contributed by atoms with Crippen LogP contribution in [0.3, 0.4) is 0 Å². The lowest BCUT2D eigenvalue weighted by Crippen LogP contribution is -2.36. The van der Waals surface area contributed by atoms with E-state index in [0.717, 1.165) is 37.5 Å². The van der Waals surface area contributed by atoms with Crippen LogP contribution in [0.15, 0.2) is 24.3 Å². The van der Waals surface area contributed by atoms with E-state index in [9.17, 15) is 4.79 Å². The van der Waals surface area contributed by atoms with Gasteiger partial charge in [-0.25, -0.2) is 4.79 Å². The van der Waals surface area contributed by atoms with Crippen molar-refractivity contribution in [1.82, 2.24) is 5.32 Å². The number of piperidine rings is 1. The van der Waals surface area contributed by atoms with Gasteiger partial charge in [0, 0.05) is 30.5 Å². The molecule has 1 heterocycles. The molecule has 2 aliphatic rings. The van der Waals surface area contributed by atoms with E-state index in [4.69, 9.17) is 0 Å². The first kappa shape index (κ1) is 15.2. The Morgan fingerprint density at radius 2 is 1.68 bits per heavy atom. The Morgan fingerprint density at radius 1 is 1.05 bits per heavy atom. The number of hydrogen-bond acceptors (Lipinski definition) is 2. The highest BCUT2D eigenvalue weighted by atomic mass is 16.2. The highest BCUT2D eigenvalue weighted by molar-refractivity contribution is 5.89. The molecule has 1 aliphatic heterocycles. The fraction of sp³-hybridized carbons (Fsp3) is 0.611. The lowest BCUT2D eigenvalue weighted by molar-refractivity contribution is 0.248. The average Bonchev–Trinajstić information content (AvgIpc) is 3.02. The monoisotopic (exact) mass is 301 g/mol. The molecule has 1 aromatic rings. The molecular weight excluding hydrogens is 274 g/mol. The van der Waals surface area contributed by atoms with Gasteiger partial charge < -0.3 is 15.5 Å². The van der Waals surface area contributed by atoms with Crippen molar-refractivity contribution in [2.24, 2.45) is 5.92 Å². The van der Waals surface area contributed by atoms with Crippen molar-refractivity contribution >= 4 is 17.4 Å². The summed E-state index contributed by atoms with van der Waals surface area (Å²) in [4.78, 5) is 14.4. The Morgan fingerprint density at radius 3 is 2.32 bits per heavy atom. The number of carbonyl (C=O) groups excluding carboxylic acids is 1. The molecule has 1 aromatic carbocycles. The zero-order valence-corrected chi connectivity index (χ0v) is 13.5. The second kappa shape index (κ2) is 7.03. The summed E-state index contributed by atoms with van der Waals surface area (Å²) in [5.74, 6) is 0.844. The molecule has 1 saturated carbocycles. The fourth-order valence-corrected chi connectivity index (χ4v) is 3.45. The van der Waals surface area contributed by atoms with Crippen LogP contribution in [-0.4, -0.2) is 25.2 Å². The van der Waals surface area contributed by atoms with Crippen molar-refractivity contribution in [1.29, 1.82) is 0 Å². The van der Waals surface area contributed by atoms with Crippen molar-refractivity contribution in [2.45, 2.75) is 51.5 Å². The zero-order chi connectivity index (χ0) is 15.4. The van der Waals surface area contributed by atoms with Crippen molar-refractivity contribution < 1.29 is 4.79 Å². The summed E-state index contributed by atoms with van der Waals surface area (Å²) >= 11 is 0. The quantitative estimate of drug-likeness (QED) is 0.886. The van der Waals surface area contributed by atoms with Gasteiger partial charge in [-0.2, -0.15) is 0 Å². The van der Waals surface area contributed by atoms with Gasteiger partial charge in [-0.05, 0) is 55.9 Å². The molecule has 0 radical (unpaired) electrons. The average molecular weight is 301 g/mol. The predicted molar refractivity (Wildman–Crippen MR) is 91.5 cm³/mol. The van der Waals surface area contributed by atoms with Gasteiger partial charge >= 0.3 is 6.03 Å². The maximum Gasteiger partial charge on any atom is 0.319 e. The van der Waals surface area contributed by atoms with Gasteiger partial charge in [-0.1, -0.05) is 19.8 Å². The molecule has 4 nitrogen and oxygen atoms in total. The molecule has 2 fully saturated rings. The van der Waals surface area contributed by atoms with Crippen LogP contribution >= 0.6 is 0 Å². The van der Waals surface area contributed by atoms with Crippen molar-refractivity contribution in [3.8, 4) is 0 Å². The summed E-state index contributed by atoms with van der Waals surface area (Å²) in [5.41, 5.74) is 2.12. The van der Waals surface area contributed by atoms with Gasteiger partial charge in [0.25, 0.3) is 0 Å². The molecular formula is C18H27N3O. The Labute approximate surface area is 133 Å². The predicted octanol–water partition coefficient (Wildman–Crippen LogP) is 3.99. The molecule has 0 aromatic heterocycles. The van der Waals surface area contributed by atoms with E-state index in [1.165, 1.54) is 31.4 Å². The third-order valence-electron chi connectivity index (χ3n) is 4.96. The van der Waals surface area contributed by atoms with Crippen LogP contribution in [0.5, 0.6) is 0 Å². The molecule has 1 aliphatic carbocycles. The number of carbonyl (C=O) groups is 1. The first-order valence-corrected chi connectivity index (χ1v) is 8.63. The lowest BCUT2D eigenvalue weighted by atomic mass is 9.99. The number of benzene rings is 1. The standard InChI is InChI=1S/C18H27N3O/c1-14-10-12-21(13-11-14)17-8-6-16(7-9-17)20-18(22)19-15-4-2-3-5-15/h6-9,14-15H,2-5,10-13H2,1H3,(H2,19,20,22). The molecule has 120 valence electrons. The minimum atomic E-state index is -0.0774. The van der Waals surface area contributed by atoms with Crippen LogP contribution in [-0.2, 0) is 0 Å². The Bertz CT molecular complexity index is 486. The van der Waals surface area contributed by atoms with Gasteiger partial charge in [-0.3, -0.25) is 0 Å². The van der Waals surface area contributed by atoms with E-state index in [0.29, 0.717) is 6.04 Å². The molecule has 3 rings (SSSR count). The van der Waals surface area contributed by atoms with E-state index in [1.807, 2.05) is 12.1 Å². The second-order valence-corrected chi connectivity index (χ2v) is 6.80. The summed E-state index contributed by atoms with van der Waals surface area (Å²) in [7, 11) is 0. The molecule has 0 atom stereocenters. The second-order valence-electron chi connectivity index (χ2n) is 6.80. The van der Waals surface area contributed by atoms with Gasteiger partial charge in [0.1, 0.15) is 0 Å². The fourth-order valence-electron chi connectivity index (χ4n) is 3.45. The minimum Gasteiger partial charge on any atom is -0.372 e. The van der Waals surface area contributed by atoms with Crippen LogP contribution in [0.2, 0.25) is 0 Å². The summed E-state index contributed by atoms with van der Waals surface area (Å²) < 4.78 is 0. The van der Waals surface area contributed by atoms with E-state index in [2.05, 4.69) is 34.6 Å². The first-order valence-electron chi connectivity index (χ1n) is 8.63. The maximum absolute atomic E-state index is 12.0. The van der Waals surface area contributed by atoms with Gasteiger partial charge in [0.2, 0.25) is 0 Å². The van der Waals surface area contributed by atoms with E-state index in [1.54, 1.807) is 0 Å². The van der Waals surface area contributed by atoms with E-state index < -0.39 is 0 Å². The number of nitrogens with one attached hydrogen (secondary N) is 2. The van der Waals surface area contributed by atoms with Crippen molar-refractivity contribution in [3.63, 3.8) is 0 Å². The van der Waals surface area contributed by atoms with Crippen LogP contribution in [0, 0.1) is 5.92 Å². The maximum atomic E-state index is 12.0. The Kier molecular flexibility index (Phi) is 4.86. The number of urea groups is 1. The third kappa shape index (κ3) is 3.93. The summed E-state index contributed by atoms with van der Waals surface area (Å²) in [6, 6.07) is 8.51. The summed E-state index contributed by atoms with van der Waals surface area (Å²) in [5, 5.41) is 5.99. The van der Waals surface area contributed by atoms with Crippen LogP contribution < -0.4 is 15.5 Å². The van der Waals surface area contributed by atoms with E-state index >= 15 is 0 Å². The van der Waals surface area contributed by atoms with Gasteiger partial charge in [0.15, 0.2) is 0 Å². The summed E-state index contributed by atoms with van der Waals surface area (Å²) in [6.07, 6.45) is 7.22. The molecule has 2 N–H and O–H groups in total.